The predicted molar refractivity (Wildman–Crippen MR) is 126 cm³/mol. The minimum atomic E-state index is 0.0297. The van der Waals surface area contributed by atoms with Crippen molar-refractivity contribution in [3.63, 3.8) is 0 Å². The van der Waals surface area contributed by atoms with E-state index in [0.29, 0.717) is 33.1 Å². The molecule has 0 unspecified atom stereocenters. The lowest BCUT2D eigenvalue weighted by atomic mass is 10.1. The summed E-state index contributed by atoms with van der Waals surface area (Å²) in [5.74, 6) is 1.58. The number of aromatic nitrogens is 3. The van der Waals surface area contributed by atoms with Crippen molar-refractivity contribution in [3.05, 3.63) is 63.4 Å². The highest BCUT2D eigenvalue weighted by Gasteiger charge is 2.12. The molecule has 1 heterocycles. The minimum absolute atomic E-state index is 0.0297. The normalized spacial score (nSPS) is 11.1. The molecule has 0 aliphatic rings. The van der Waals surface area contributed by atoms with Crippen LogP contribution in [0.1, 0.15) is 17.0 Å². The van der Waals surface area contributed by atoms with Gasteiger partial charge in [-0.1, -0.05) is 35.3 Å². The Bertz CT molecular complexity index is 1210. The molecule has 10 heteroatoms. The molecule has 3 rings (SSSR count). The molecule has 0 aliphatic carbocycles. The Balaban J connectivity index is 1.87. The summed E-state index contributed by atoms with van der Waals surface area (Å²) in [6.07, 6.45) is 1.64. The Morgan fingerprint density at radius 2 is 1.91 bits per heavy atom. The highest BCUT2D eigenvalue weighted by Crippen LogP contribution is 2.31. The fourth-order valence-corrected chi connectivity index (χ4v) is 3.17. The summed E-state index contributed by atoms with van der Waals surface area (Å²) in [6.45, 7) is 0.239. The summed E-state index contributed by atoms with van der Waals surface area (Å²) in [4.78, 5) is 14.1. The van der Waals surface area contributed by atoms with E-state index in [4.69, 9.17) is 38.4 Å². The summed E-state index contributed by atoms with van der Waals surface area (Å²) in [5, 5.41) is 10.7. The van der Waals surface area contributed by atoms with Crippen LogP contribution in [0.15, 0.2) is 36.4 Å². The molecule has 2 N–H and O–H groups in total. The molecule has 2 aromatic carbocycles. The van der Waals surface area contributed by atoms with Crippen molar-refractivity contribution < 1.29 is 9.47 Å². The van der Waals surface area contributed by atoms with Crippen molar-refractivity contribution in [1.29, 1.82) is 5.26 Å². The third-order valence-electron chi connectivity index (χ3n) is 4.30. The van der Waals surface area contributed by atoms with Crippen LogP contribution in [0.5, 0.6) is 11.5 Å². The SMILES string of the molecule is COc1cc(/C=C(\C#N)c2nc(N)nc(N(C)C)n2)ccc1OCc1ccc(Cl)cc1Cl. The zero-order chi connectivity index (χ0) is 23.3. The number of nitrogens with zero attached hydrogens (tertiary/aromatic N) is 5. The van der Waals surface area contributed by atoms with Crippen molar-refractivity contribution >= 4 is 46.7 Å². The van der Waals surface area contributed by atoms with E-state index in [-0.39, 0.29) is 24.0 Å². The smallest absolute Gasteiger partial charge is 0.230 e. The average molecular weight is 471 g/mol. The van der Waals surface area contributed by atoms with E-state index in [9.17, 15) is 5.26 Å². The van der Waals surface area contributed by atoms with Crippen LogP contribution in [-0.2, 0) is 6.61 Å². The number of benzene rings is 2. The van der Waals surface area contributed by atoms with E-state index in [2.05, 4.69) is 21.0 Å². The number of hydrogen-bond donors (Lipinski definition) is 1. The molecule has 0 fully saturated rings. The standard InChI is InChI=1S/C22H20Cl2N6O2/c1-30(2)22-28-20(27-21(26)29-22)15(11-25)8-13-4-7-18(19(9-13)31-3)32-12-14-5-6-16(23)10-17(14)24/h4-10H,12H2,1-3H3,(H2,26,27,28,29)/b15-8+. The average Bonchev–Trinajstić information content (AvgIpc) is 2.76. The van der Waals surface area contributed by atoms with E-state index in [0.717, 1.165) is 5.56 Å². The third kappa shape index (κ3) is 5.58. The molecule has 1 aromatic heterocycles. The second kappa shape index (κ2) is 10.2. The van der Waals surface area contributed by atoms with Crippen LogP contribution in [0.25, 0.3) is 11.6 Å². The van der Waals surface area contributed by atoms with Gasteiger partial charge in [-0.15, -0.1) is 0 Å². The van der Waals surface area contributed by atoms with Gasteiger partial charge in [0.1, 0.15) is 12.7 Å². The summed E-state index contributed by atoms with van der Waals surface area (Å²) >= 11 is 12.1. The first kappa shape index (κ1) is 23.1. The number of halogens is 2. The zero-order valence-electron chi connectivity index (χ0n) is 17.6. The molecule has 8 nitrogen and oxygen atoms in total. The van der Waals surface area contributed by atoms with Crippen LogP contribution in [-0.4, -0.2) is 36.2 Å². The van der Waals surface area contributed by atoms with Crippen LogP contribution in [0.4, 0.5) is 11.9 Å². The Kier molecular flexibility index (Phi) is 7.36. The first-order valence-electron chi connectivity index (χ1n) is 9.36. The topological polar surface area (TPSA) is 110 Å². The fraction of sp³-hybridized carbons (Fsp3) is 0.182. The molecule has 0 bridgehead atoms. The number of ether oxygens (including phenoxy) is 2. The quantitative estimate of drug-likeness (QED) is 0.503. The van der Waals surface area contributed by atoms with Crippen molar-refractivity contribution in [2.24, 2.45) is 0 Å². The van der Waals surface area contributed by atoms with Gasteiger partial charge >= 0.3 is 0 Å². The van der Waals surface area contributed by atoms with Crippen LogP contribution in [0.2, 0.25) is 10.0 Å². The van der Waals surface area contributed by atoms with Gasteiger partial charge < -0.3 is 20.1 Å². The van der Waals surface area contributed by atoms with Gasteiger partial charge in [-0.3, -0.25) is 0 Å². The highest BCUT2D eigenvalue weighted by molar-refractivity contribution is 6.35. The maximum Gasteiger partial charge on any atom is 0.230 e. The second-order valence-electron chi connectivity index (χ2n) is 6.82. The molecular formula is C22H20Cl2N6O2. The molecule has 0 radical (unpaired) electrons. The number of methoxy groups -OCH3 is 1. The second-order valence-corrected chi connectivity index (χ2v) is 7.66. The molecule has 0 amide bonds. The van der Waals surface area contributed by atoms with Crippen molar-refractivity contribution in [2.75, 3.05) is 31.8 Å². The fourth-order valence-electron chi connectivity index (χ4n) is 2.70. The van der Waals surface area contributed by atoms with Crippen LogP contribution in [0.3, 0.4) is 0 Å². The maximum absolute atomic E-state index is 9.65. The molecule has 32 heavy (non-hydrogen) atoms. The lowest BCUT2D eigenvalue weighted by Gasteiger charge is -2.13. The summed E-state index contributed by atoms with van der Waals surface area (Å²) in [5.41, 5.74) is 7.48. The predicted octanol–water partition coefficient (Wildman–Crippen LogP) is 4.48. The maximum atomic E-state index is 9.65. The highest BCUT2D eigenvalue weighted by atomic mass is 35.5. The van der Waals surface area contributed by atoms with Crippen LogP contribution in [0, 0.1) is 11.3 Å². The summed E-state index contributed by atoms with van der Waals surface area (Å²) in [6, 6.07) is 12.6. The monoisotopic (exact) mass is 470 g/mol. The van der Waals surface area contributed by atoms with Crippen LogP contribution >= 0.6 is 23.2 Å². The minimum Gasteiger partial charge on any atom is -0.493 e. The number of anilines is 2. The number of nitriles is 1. The Morgan fingerprint density at radius 3 is 2.56 bits per heavy atom. The zero-order valence-corrected chi connectivity index (χ0v) is 19.1. The van der Waals surface area contributed by atoms with Gasteiger partial charge in [0.2, 0.25) is 11.9 Å². The molecule has 164 valence electrons. The van der Waals surface area contributed by atoms with E-state index < -0.39 is 0 Å². The number of hydrogen-bond acceptors (Lipinski definition) is 8. The molecule has 0 saturated heterocycles. The Morgan fingerprint density at radius 1 is 1.12 bits per heavy atom. The van der Waals surface area contributed by atoms with Crippen molar-refractivity contribution in [3.8, 4) is 17.6 Å². The van der Waals surface area contributed by atoms with Gasteiger partial charge in [0, 0.05) is 29.7 Å². The molecule has 0 atom stereocenters. The summed E-state index contributed by atoms with van der Waals surface area (Å²) < 4.78 is 11.3. The van der Waals surface area contributed by atoms with E-state index in [1.165, 1.54) is 7.11 Å². The lowest BCUT2D eigenvalue weighted by molar-refractivity contribution is 0.284. The number of nitrogens with two attached hydrogens (primary N) is 1. The largest absolute Gasteiger partial charge is 0.493 e. The van der Waals surface area contributed by atoms with Crippen molar-refractivity contribution in [2.45, 2.75) is 6.61 Å². The lowest BCUT2D eigenvalue weighted by Crippen LogP contribution is -2.15. The molecule has 3 aromatic rings. The van der Waals surface area contributed by atoms with Crippen molar-refractivity contribution in [1.82, 2.24) is 15.0 Å². The number of allylic oxidation sites excluding steroid dienone is 1. The Hall–Kier alpha value is -3.54. The van der Waals surface area contributed by atoms with Gasteiger partial charge in [0.15, 0.2) is 17.3 Å². The molecular weight excluding hydrogens is 451 g/mol. The van der Waals surface area contributed by atoms with Crippen LogP contribution < -0.4 is 20.1 Å². The van der Waals surface area contributed by atoms with Gasteiger partial charge in [-0.25, -0.2) is 0 Å². The first-order chi connectivity index (χ1) is 15.3. The third-order valence-corrected chi connectivity index (χ3v) is 4.89. The molecule has 0 spiro atoms. The van der Waals surface area contributed by atoms with Gasteiger partial charge in [-0.2, -0.15) is 20.2 Å². The van der Waals surface area contributed by atoms with E-state index >= 15 is 0 Å². The number of rotatable bonds is 7. The van der Waals surface area contributed by atoms with E-state index in [1.807, 2.05) is 0 Å². The summed E-state index contributed by atoms with van der Waals surface area (Å²) in [7, 11) is 5.08. The molecule has 0 saturated carbocycles. The van der Waals surface area contributed by atoms with Gasteiger partial charge in [0.05, 0.1) is 12.7 Å². The first-order valence-corrected chi connectivity index (χ1v) is 10.1. The van der Waals surface area contributed by atoms with Gasteiger partial charge in [0.25, 0.3) is 0 Å². The Labute approximate surface area is 195 Å². The van der Waals surface area contributed by atoms with E-state index in [1.54, 1.807) is 61.5 Å². The number of nitrogen functional groups attached to an aromatic ring is 1. The van der Waals surface area contributed by atoms with Gasteiger partial charge in [-0.05, 0) is 35.9 Å². The molecule has 0 aliphatic heterocycles.